The van der Waals surface area contributed by atoms with Crippen LogP contribution < -0.4 is 5.32 Å². The lowest BCUT2D eigenvalue weighted by molar-refractivity contribution is -0.129. The van der Waals surface area contributed by atoms with Crippen LogP contribution in [0.15, 0.2) is 16.9 Å². The molecule has 1 atom stereocenters. The number of carbonyl (C=O) groups excluding carboxylic acids is 1. The molecule has 1 aliphatic heterocycles. The average molecular weight is 318 g/mol. The van der Waals surface area contributed by atoms with Crippen LogP contribution in [-0.4, -0.2) is 49.9 Å². The van der Waals surface area contributed by atoms with Gasteiger partial charge >= 0.3 is 0 Å². The summed E-state index contributed by atoms with van der Waals surface area (Å²) in [6.45, 7) is 8.06. The lowest BCUT2D eigenvalue weighted by atomic mass is 10.1. The molecule has 8 nitrogen and oxygen atoms in total. The first kappa shape index (κ1) is 15.7. The van der Waals surface area contributed by atoms with E-state index < -0.39 is 0 Å². The largest absolute Gasteiger partial charge is 0.353 e. The second kappa shape index (κ2) is 6.49. The Morgan fingerprint density at radius 3 is 2.96 bits per heavy atom. The zero-order valence-corrected chi connectivity index (χ0v) is 13.7. The highest BCUT2D eigenvalue weighted by molar-refractivity contribution is 5.82. The van der Waals surface area contributed by atoms with Crippen LogP contribution in [0.5, 0.6) is 0 Å². The molecule has 0 radical (unpaired) electrons. The molecule has 23 heavy (non-hydrogen) atoms. The second-order valence-electron chi connectivity index (χ2n) is 6.14. The highest BCUT2D eigenvalue weighted by Crippen LogP contribution is 2.15. The van der Waals surface area contributed by atoms with Crippen molar-refractivity contribution in [3.8, 4) is 0 Å². The molecule has 0 spiro atoms. The molecule has 1 saturated heterocycles. The maximum Gasteiger partial charge on any atom is 0.237 e. The summed E-state index contributed by atoms with van der Waals surface area (Å²) in [6.07, 6.45) is 4.32. The van der Waals surface area contributed by atoms with E-state index in [0.717, 1.165) is 12.1 Å². The standard InChI is InChI=1S/C15H22N6O2/c1-10(2)21-9-12(7-17-21)8-20-5-4-16-15(22)13(20)6-14-18-11(3)19-23-14/h7,9-10,13H,4-6,8H2,1-3H3,(H,16,22). The Kier molecular flexibility index (Phi) is 4.42. The third-order valence-electron chi connectivity index (χ3n) is 3.95. The highest BCUT2D eigenvalue weighted by atomic mass is 16.5. The molecule has 0 aliphatic carbocycles. The first-order valence-electron chi connectivity index (χ1n) is 7.87. The van der Waals surface area contributed by atoms with Crippen molar-refractivity contribution in [2.75, 3.05) is 13.1 Å². The minimum Gasteiger partial charge on any atom is -0.353 e. The van der Waals surface area contributed by atoms with Crippen LogP contribution in [0, 0.1) is 6.92 Å². The molecule has 1 fully saturated rings. The normalized spacial score (nSPS) is 19.3. The second-order valence-corrected chi connectivity index (χ2v) is 6.14. The van der Waals surface area contributed by atoms with Crippen molar-refractivity contribution >= 4 is 5.91 Å². The minimum absolute atomic E-state index is 0.00311. The van der Waals surface area contributed by atoms with Crippen LogP contribution in [0.2, 0.25) is 0 Å². The lowest BCUT2D eigenvalue weighted by Gasteiger charge is -2.33. The maximum absolute atomic E-state index is 12.3. The van der Waals surface area contributed by atoms with Crippen LogP contribution >= 0.6 is 0 Å². The average Bonchev–Trinajstić information content (AvgIpc) is 3.12. The van der Waals surface area contributed by atoms with Crippen molar-refractivity contribution in [3.05, 3.63) is 29.7 Å². The van der Waals surface area contributed by atoms with Crippen LogP contribution in [0.25, 0.3) is 0 Å². The van der Waals surface area contributed by atoms with Gasteiger partial charge in [-0.2, -0.15) is 10.1 Å². The van der Waals surface area contributed by atoms with Crippen molar-refractivity contribution in [2.24, 2.45) is 0 Å². The fourth-order valence-electron chi connectivity index (χ4n) is 2.74. The molecular formula is C15H22N6O2. The van der Waals surface area contributed by atoms with Gasteiger partial charge in [-0.3, -0.25) is 14.4 Å². The number of nitrogens with one attached hydrogen (secondary N) is 1. The van der Waals surface area contributed by atoms with E-state index in [0.29, 0.717) is 37.3 Å². The van der Waals surface area contributed by atoms with Gasteiger partial charge in [0.1, 0.15) is 0 Å². The Morgan fingerprint density at radius 2 is 2.30 bits per heavy atom. The van der Waals surface area contributed by atoms with Crippen molar-refractivity contribution in [3.63, 3.8) is 0 Å². The van der Waals surface area contributed by atoms with Crippen molar-refractivity contribution < 1.29 is 9.32 Å². The Hall–Kier alpha value is -2.22. The van der Waals surface area contributed by atoms with E-state index >= 15 is 0 Å². The monoisotopic (exact) mass is 318 g/mol. The number of aryl methyl sites for hydroxylation is 1. The number of piperazine rings is 1. The molecule has 2 aromatic heterocycles. The van der Waals surface area contributed by atoms with Gasteiger partial charge in [0.25, 0.3) is 0 Å². The maximum atomic E-state index is 12.3. The van der Waals surface area contributed by atoms with Gasteiger partial charge in [-0.1, -0.05) is 5.16 Å². The summed E-state index contributed by atoms with van der Waals surface area (Å²) in [4.78, 5) is 18.6. The lowest BCUT2D eigenvalue weighted by Crippen LogP contribution is -2.55. The van der Waals surface area contributed by atoms with Gasteiger partial charge in [-0.15, -0.1) is 0 Å². The van der Waals surface area contributed by atoms with Gasteiger partial charge < -0.3 is 9.84 Å². The van der Waals surface area contributed by atoms with Gasteiger partial charge in [0.05, 0.1) is 18.7 Å². The molecule has 1 unspecified atom stereocenters. The van der Waals surface area contributed by atoms with Crippen LogP contribution in [0.1, 0.15) is 37.2 Å². The molecule has 0 saturated carbocycles. The Morgan fingerprint density at radius 1 is 1.48 bits per heavy atom. The number of rotatable bonds is 5. The first-order valence-corrected chi connectivity index (χ1v) is 7.87. The zero-order chi connectivity index (χ0) is 16.4. The summed E-state index contributed by atoms with van der Waals surface area (Å²) in [5.74, 6) is 1.08. The molecule has 1 N–H and O–H groups in total. The molecule has 1 amide bonds. The number of nitrogens with zero attached hydrogens (tertiary/aromatic N) is 5. The van der Waals surface area contributed by atoms with E-state index in [1.807, 2.05) is 17.1 Å². The smallest absolute Gasteiger partial charge is 0.237 e. The van der Waals surface area contributed by atoms with Gasteiger partial charge in [0, 0.05) is 37.4 Å². The fourth-order valence-corrected chi connectivity index (χ4v) is 2.74. The van der Waals surface area contributed by atoms with Crippen LogP contribution in [-0.2, 0) is 17.8 Å². The molecular weight excluding hydrogens is 296 g/mol. The molecule has 2 aromatic rings. The molecule has 3 heterocycles. The fraction of sp³-hybridized carbons (Fsp3) is 0.600. The number of hydrogen-bond acceptors (Lipinski definition) is 6. The molecule has 0 bridgehead atoms. The van der Waals surface area contributed by atoms with E-state index in [9.17, 15) is 4.79 Å². The summed E-state index contributed by atoms with van der Waals surface area (Å²) < 4.78 is 7.09. The molecule has 124 valence electrons. The van der Waals surface area contributed by atoms with E-state index in [1.165, 1.54) is 0 Å². The molecule has 0 aromatic carbocycles. The summed E-state index contributed by atoms with van der Waals surface area (Å²) in [5, 5.41) is 11.1. The molecule has 1 aliphatic rings. The predicted molar refractivity (Wildman–Crippen MR) is 82.6 cm³/mol. The third-order valence-corrected chi connectivity index (χ3v) is 3.95. The minimum atomic E-state index is -0.300. The zero-order valence-electron chi connectivity index (χ0n) is 13.7. The first-order chi connectivity index (χ1) is 11.0. The number of aromatic nitrogens is 4. The number of hydrogen-bond donors (Lipinski definition) is 1. The SMILES string of the molecule is Cc1noc(CC2C(=O)NCCN2Cc2cnn(C(C)C)c2)n1. The van der Waals surface area contributed by atoms with E-state index in [1.54, 1.807) is 6.92 Å². The summed E-state index contributed by atoms with van der Waals surface area (Å²) in [5.41, 5.74) is 1.10. The van der Waals surface area contributed by atoms with Crippen molar-refractivity contribution in [2.45, 2.75) is 45.8 Å². The van der Waals surface area contributed by atoms with Crippen molar-refractivity contribution in [1.82, 2.24) is 30.1 Å². The van der Waals surface area contributed by atoms with Crippen molar-refractivity contribution in [1.29, 1.82) is 0 Å². The van der Waals surface area contributed by atoms with E-state index in [2.05, 4.69) is 39.3 Å². The van der Waals surface area contributed by atoms with E-state index in [4.69, 9.17) is 4.52 Å². The topological polar surface area (TPSA) is 89.1 Å². The third kappa shape index (κ3) is 3.58. The molecule has 8 heteroatoms. The van der Waals surface area contributed by atoms with Gasteiger partial charge in [0.15, 0.2) is 5.82 Å². The highest BCUT2D eigenvalue weighted by Gasteiger charge is 2.31. The van der Waals surface area contributed by atoms with Gasteiger partial charge in [-0.25, -0.2) is 0 Å². The Labute approximate surface area is 134 Å². The van der Waals surface area contributed by atoms with E-state index in [-0.39, 0.29) is 11.9 Å². The summed E-state index contributed by atoms with van der Waals surface area (Å²) in [7, 11) is 0. The van der Waals surface area contributed by atoms with Crippen LogP contribution in [0.3, 0.4) is 0 Å². The van der Waals surface area contributed by atoms with Gasteiger partial charge in [-0.05, 0) is 20.8 Å². The Balaban J connectivity index is 1.73. The quantitative estimate of drug-likeness (QED) is 0.873. The number of amides is 1. The summed E-state index contributed by atoms with van der Waals surface area (Å²) >= 11 is 0. The molecule has 3 rings (SSSR count). The summed E-state index contributed by atoms with van der Waals surface area (Å²) in [6, 6.07) is 0.0246. The predicted octanol–water partition coefficient (Wildman–Crippen LogP) is 0.699. The van der Waals surface area contributed by atoms with Gasteiger partial charge in [0.2, 0.25) is 11.8 Å². The Bertz CT molecular complexity index is 677. The van der Waals surface area contributed by atoms with Crippen LogP contribution in [0.4, 0.5) is 0 Å². The number of carbonyl (C=O) groups is 1.